The first kappa shape index (κ1) is 12.7. The monoisotopic (exact) mass is 270 g/mol. The van der Waals surface area contributed by atoms with Crippen molar-refractivity contribution in [3.63, 3.8) is 0 Å². The van der Waals surface area contributed by atoms with Crippen molar-refractivity contribution in [2.75, 3.05) is 36.8 Å². The summed E-state index contributed by atoms with van der Waals surface area (Å²) in [7, 11) is 0. The summed E-state index contributed by atoms with van der Waals surface area (Å²) < 4.78 is 0. The molecule has 0 radical (unpaired) electrons. The standard InChI is InChI=1S/C15H18N4O/c1-11(20)18-5-7-19(8-6-18)12-9-13-14(16)3-2-4-15(13)17-10-12/h2-4,9-10H,5-8,16H2,1H3. The van der Waals surface area contributed by atoms with Gasteiger partial charge in [0.2, 0.25) is 5.91 Å². The number of fused-ring (bicyclic) bond motifs is 1. The van der Waals surface area contributed by atoms with E-state index in [2.05, 4.69) is 16.0 Å². The maximum Gasteiger partial charge on any atom is 0.219 e. The molecule has 0 aliphatic carbocycles. The van der Waals surface area contributed by atoms with E-state index in [0.717, 1.165) is 48.5 Å². The molecule has 1 saturated heterocycles. The van der Waals surface area contributed by atoms with Gasteiger partial charge in [-0.15, -0.1) is 0 Å². The molecule has 3 rings (SSSR count). The van der Waals surface area contributed by atoms with Gasteiger partial charge in [0, 0.05) is 44.2 Å². The zero-order chi connectivity index (χ0) is 14.1. The van der Waals surface area contributed by atoms with Gasteiger partial charge in [-0.2, -0.15) is 0 Å². The number of anilines is 2. The minimum absolute atomic E-state index is 0.144. The highest BCUT2D eigenvalue weighted by atomic mass is 16.2. The number of nitrogen functional groups attached to an aromatic ring is 1. The van der Waals surface area contributed by atoms with Gasteiger partial charge in [0.1, 0.15) is 0 Å². The molecule has 104 valence electrons. The summed E-state index contributed by atoms with van der Waals surface area (Å²) in [6.07, 6.45) is 1.88. The van der Waals surface area contributed by atoms with Crippen LogP contribution in [0.4, 0.5) is 11.4 Å². The van der Waals surface area contributed by atoms with E-state index in [0.29, 0.717) is 0 Å². The number of rotatable bonds is 1. The second kappa shape index (κ2) is 5.00. The third-order valence-corrected chi connectivity index (χ3v) is 3.84. The summed E-state index contributed by atoms with van der Waals surface area (Å²) in [5.41, 5.74) is 8.74. The Labute approximate surface area is 118 Å². The Balaban J connectivity index is 1.85. The number of aromatic nitrogens is 1. The fraction of sp³-hybridized carbons (Fsp3) is 0.333. The second-order valence-corrected chi connectivity index (χ2v) is 5.10. The van der Waals surface area contributed by atoms with Crippen LogP contribution >= 0.6 is 0 Å². The van der Waals surface area contributed by atoms with Crippen molar-refractivity contribution in [3.05, 3.63) is 30.5 Å². The molecular weight excluding hydrogens is 252 g/mol. The first-order valence-electron chi connectivity index (χ1n) is 6.80. The van der Waals surface area contributed by atoms with Crippen LogP contribution in [0.15, 0.2) is 30.5 Å². The van der Waals surface area contributed by atoms with Crippen molar-refractivity contribution in [2.45, 2.75) is 6.92 Å². The van der Waals surface area contributed by atoms with Gasteiger partial charge in [-0.3, -0.25) is 9.78 Å². The summed E-state index contributed by atoms with van der Waals surface area (Å²) >= 11 is 0. The number of benzene rings is 1. The average Bonchev–Trinajstić information content (AvgIpc) is 2.47. The smallest absolute Gasteiger partial charge is 0.219 e. The fourth-order valence-electron chi connectivity index (χ4n) is 2.61. The predicted molar refractivity (Wildman–Crippen MR) is 80.6 cm³/mol. The van der Waals surface area contributed by atoms with Crippen LogP contribution in [0.2, 0.25) is 0 Å². The summed E-state index contributed by atoms with van der Waals surface area (Å²) in [6, 6.07) is 7.85. The molecule has 2 N–H and O–H groups in total. The Hall–Kier alpha value is -2.30. The summed E-state index contributed by atoms with van der Waals surface area (Å²) in [5.74, 6) is 0.144. The number of hydrogen-bond donors (Lipinski definition) is 1. The van der Waals surface area contributed by atoms with Crippen LogP contribution in [0.3, 0.4) is 0 Å². The molecule has 1 fully saturated rings. The molecule has 0 spiro atoms. The lowest BCUT2D eigenvalue weighted by Gasteiger charge is -2.35. The van der Waals surface area contributed by atoms with Crippen LogP contribution in [0, 0.1) is 0 Å². The molecule has 0 saturated carbocycles. The summed E-state index contributed by atoms with van der Waals surface area (Å²) in [4.78, 5) is 19.9. The Morgan fingerprint density at radius 1 is 1.25 bits per heavy atom. The highest BCUT2D eigenvalue weighted by molar-refractivity contribution is 5.92. The minimum Gasteiger partial charge on any atom is -0.398 e. The van der Waals surface area contributed by atoms with Crippen LogP contribution in [0.25, 0.3) is 10.9 Å². The Kier molecular flexibility index (Phi) is 3.18. The van der Waals surface area contributed by atoms with Crippen LogP contribution in [0.5, 0.6) is 0 Å². The maximum atomic E-state index is 11.3. The van der Waals surface area contributed by atoms with E-state index in [9.17, 15) is 4.79 Å². The van der Waals surface area contributed by atoms with Crippen molar-refractivity contribution < 1.29 is 4.79 Å². The van der Waals surface area contributed by atoms with E-state index < -0.39 is 0 Å². The molecule has 5 nitrogen and oxygen atoms in total. The third-order valence-electron chi connectivity index (χ3n) is 3.84. The molecule has 2 aromatic rings. The zero-order valence-electron chi connectivity index (χ0n) is 11.5. The lowest BCUT2D eigenvalue weighted by molar-refractivity contribution is -0.129. The van der Waals surface area contributed by atoms with Crippen LogP contribution in [-0.4, -0.2) is 42.0 Å². The number of nitrogens with two attached hydrogens (primary N) is 1. The van der Waals surface area contributed by atoms with Crippen molar-refractivity contribution in [3.8, 4) is 0 Å². The molecule has 0 atom stereocenters. The van der Waals surface area contributed by atoms with Gasteiger partial charge in [0.15, 0.2) is 0 Å². The number of piperazine rings is 1. The van der Waals surface area contributed by atoms with Gasteiger partial charge in [0.05, 0.1) is 17.4 Å². The average molecular weight is 270 g/mol. The van der Waals surface area contributed by atoms with Crippen molar-refractivity contribution in [1.82, 2.24) is 9.88 Å². The zero-order valence-corrected chi connectivity index (χ0v) is 11.5. The van der Waals surface area contributed by atoms with Crippen LogP contribution in [-0.2, 0) is 4.79 Å². The van der Waals surface area contributed by atoms with E-state index in [1.807, 2.05) is 29.3 Å². The molecule has 1 aromatic heterocycles. The second-order valence-electron chi connectivity index (χ2n) is 5.10. The molecule has 0 unspecified atom stereocenters. The number of carbonyl (C=O) groups excluding carboxylic acids is 1. The van der Waals surface area contributed by atoms with Crippen molar-refractivity contribution >= 4 is 28.2 Å². The van der Waals surface area contributed by atoms with Gasteiger partial charge in [-0.05, 0) is 18.2 Å². The number of nitrogens with zero attached hydrogens (tertiary/aromatic N) is 3. The lowest BCUT2D eigenvalue weighted by Crippen LogP contribution is -2.48. The first-order valence-corrected chi connectivity index (χ1v) is 6.80. The highest BCUT2D eigenvalue weighted by Crippen LogP contribution is 2.25. The number of carbonyl (C=O) groups is 1. The largest absolute Gasteiger partial charge is 0.398 e. The van der Waals surface area contributed by atoms with E-state index in [1.165, 1.54) is 0 Å². The molecule has 5 heteroatoms. The van der Waals surface area contributed by atoms with E-state index in [1.54, 1.807) is 6.92 Å². The Morgan fingerprint density at radius 2 is 2.00 bits per heavy atom. The molecule has 1 aliphatic heterocycles. The number of hydrogen-bond acceptors (Lipinski definition) is 4. The lowest BCUT2D eigenvalue weighted by atomic mass is 10.1. The Bertz CT molecular complexity index is 647. The summed E-state index contributed by atoms with van der Waals surface area (Å²) in [6.45, 7) is 4.81. The number of pyridine rings is 1. The highest BCUT2D eigenvalue weighted by Gasteiger charge is 2.19. The van der Waals surface area contributed by atoms with Crippen molar-refractivity contribution in [2.24, 2.45) is 0 Å². The minimum atomic E-state index is 0.144. The fourth-order valence-corrected chi connectivity index (χ4v) is 2.61. The van der Waals surface area contributed by atoms with Gasteiger partial charge < -0.3 is 15.5 Å². The molecule has 2 heterocycles. The maximum absolute atomic E-state index is 11.3. The van der Waals surface area contributed by atoms with Crippen LogP contribution in [0.1, 0.15) is 6.92 Å². The predicted octanol–water partition coefficient (Wildman–Crippen LogP) is 1.49. The SMILES string of the molecule is CC(=O)N1CCN(c2cnc3cccc(N)c3c2)CC1. The van der Waals surface area contributed by atoms with Gasteiger partial charge in [-0.25, -0.2) is 0 Å². The molecule has 0 bridgehead atoms. The van der Waals surface area contributed by atoms with Gasteiger partial charge >= 0.3 is 0 Å². The number of amides is 1. The topological polar surface area (TPSA) is 62.5 Å². The molecule has 1 aromatic carbocycles. The van der Waals surface area contributed by atoms with Crippen molar-refractivity contribution in [1.29, 1.82) is 0 Å². The molecule has 1 aliphatic rings. The normalized spacial score (nSPS) is 15.7. The quantitative estimate of drug-likeness (QED) is 0.797. The van der Waals surface area contributed by atoms with E-state index >= 15 is 0 Å². The van der Waals surface area contributed by atoms with Gasteiger partial charge in [-0.1, -0.05) is 6.07 Å². The Morgan fingerprint density at radius 3 is 2.70 bits per heavy atom. The van der Waals surface area contributed by atoms with E-state index in [-0.39, 0.29) is 5.91 Å². The first-order chi connectivity index (χ1) is 9.65. The molecular formula is C15H18N4O. The molecule has 20 heavy (non-hydrogen) atoms. The van der Waals surface area contributed by atoms with Crippen LogP contribution < -0.4 is 10.6 Å². The van der Waals surface area contributed by atoms with E-state index in [4.69, 9.17) is 5.73 Å². The van der Waals surface area contributed by atoms with Gasteiger partial charge in [0.25, 0.3) is 0 Å². The molecule has 1 amide bonds. The third kappa shape index (κ3) is 2.27. The summed E-state index contributed by atoms with van der Waals surface area (Å²) in [5, 5.41) is 0.985.